The lowest BCUT2D eigenvalue weighted by Crippen LogP contribution is -2.49. The zero-order valence-electron chi connectivity index (χ0n) is 18.8. The van der Waals surface area contributed by atoms with E-state index in [4.69, 9.17) is 9.47 Å². The molecule has 4 heterocycles. The predicted molar refractivity (Wildman–Crippen MR) is 117 cm³/mol. The van der Waals surface area contributed by atoms with E-state index in [0.29, 0.717) is 50.3 Å². The van der Waals surface area contributed by atoms with Gasteiger partial charge in [0.05, 0.1) is 31.1 Å². The fraction of sp³-hybridized carbons (Fsp3) is 0.542. The number of carbonyl (C=O) groups is 3. The molecule has 5 rings (SSSR count). The number of likely N-dealkylation sites (tertiary alicyclic amines) is 2. The van der Waals surface area contributed by atoms with E-state index in [0.717, 1.165) is 0 Å². The van der Waals surface area contributed by atoms with Crippen LogP contribution in [-0.4, -0.2) is 71.7 Å². The normalized spacial score (nSPS) is 30.6. The number of benzene rings is 1. The highest BCUT2D eigenvalue weighted by atomic mass is 19.1. The molecule has 176 valence electrons. The van der Waals surface area contributed by atoms with Crippen LogP contribution < -0.4 is 5.32 Å². The number of rotatable bonds is 4. The molecular weight excluding hydrogens is 429 g/mol. The summed E-state index contributed by atoms with van der Waals surface area (Å²) in [6, 6.07) is 4.52. The molecule has 1 aromatic rings. The molecule has 0 aromatic heterocycles. The Hall–Kier alpha value is -2.94. The van der Waals surface area contributed by atoms with Crippen molar-refractivity contribution in [3.8, 4) is 0 Å². The summed E-state index contributed by atoms with van der Waals surface area (Å²) < 4.78 is 25.2. The summed E-state index contributed by atoms with van der Waals surface area (Å²) in [5, 5.41) is 2.77. The zero-order chi connectivity index (χ0) is 23.3. The third-order valence-corrected chi connectivity index (χ3v) is 7.30. The molecule has 8 nitrogen and oxygen atoms in total. The van der Waals surface area contributed by atoms with Gasteiger partial charge in [0.25, 0.3) is 0 Å². The number of nitrogens with one attached hydrogen (secondary N) is 1. The van der Waals surface area contributed by atoms with Crippen LogP contribution >= 0.6 is 0 Å². The van der Waals surface area contributed by atoms with Gasteiger partial charge >= 0.3 is 6.09 Å². The average Bonchev–Trinajstić information content (AvgIpc) is 3.45. The van der Waals surface area contributed by atoms with Crippen molar-refractivity contribution in [2.24, 2.45) is 11.8 Å². The van der Waals surface area contributed by atoms with Crippen molar-refractivity contribution in [1.29, 1.82) is 0 Å². The number of hydrogen-bond donors (Lipinski definition) is 1. The average molecular weight is 458 g/mol. The first-order chi connectivity index (χ1) is 15.8. The molecule has 4 aliphatic heterocycles. The van der Waals surface area contributed by atoms with E-state index in [2.05, 4.69) is 5.32 Å². The van der Waals surface area contributed by atoms with Gasteiger partial charge in [-0.3, -0.25) is 9.59 Å². The van der Waals surface area contributed by atoms with Gasteiger partial charge in [-0.1, -0.05) is 18.2 Å². The van der Waals surface area contributed by atoms with E-state index in [1.54, 1.807) is 30.9 Å². The lowest BCUT2D eigenvalue weighted by molar-refractivity contribution is -0.138. The van der Waals surface area contributed by atoms with Crippen LogP contribution in [0.3, 0.4) is 0 Å². The second kappa shape index (κ2) is 8.13. The van der Waals surface area contributed by atoms with Gasteiger partial charge in [-0.2, -0.15) is 0 Å². The SMILES string of the molecule is CCOC(=O)N1CCC(N2C[C@@]34C=C[C@@H](O3)C(C(=O)Nc3ccc(C)c(F)c3)[C@@H]4C2=O)CC1. The number of halogens is 1. The first-order valence-corrected chi connectivity index (χ1v) is 11.5. The minimum atomic E-state index is -0.805. The number of carbonyl (C=O) groups excluding carboxylic acids is 3. The van der Waals surface area contributed by atoms with Gasteiger partial charge in [0.15, 0.2) is 0 Å². The number of ether oxygens (including phenoxy) is 2. The van der Waals surface area contributed by atoms with Gasteiger partial charge in [0.1, 0.15) is 11.4 Å². The quantitative estimate of drug-likeness (QED) is 0.702. The predicted octanol–water partition coefficient (Wildman–Crippen LogP) is 2.48. The largest absolute Gasteiger partial charge is 0.450 e. The summed E-state index contributed by atoms with van der Waals surface area (Å²) in [6.45, 7) is 5.20. The summed E-state index contributed by atoms with van der Waals surface area (Å²) in [5.74, 6) is -2.11. The van der Waals surface area contributed by atoms with Crippen molar-refractivity contribution in [1.82, 2.24) is 9.80 Å². The minimum absolute atomic E-state index is 0.0193. The third-order valence-electron chi connectivity index (χ3n) is 7.30. The molecule has 33 heavy (non-hydrogen) atoms. The number of fused-ring (bicyclic) bond motifs is 1. The Morgan fingerprint density at radius 2 is 2.06 bits per heavy atom. The van der Waals surface area contributed by atoms with Crippen molar-refractivity contribution < 1.29 is 28.2 Å². The molecule has 1 spiro atoms. The lowest BCUT2D eigenvalue weighted by atomic mass is 9.76. The third kappa shape index (κ3) is 3.58. The first-order valence-electron chi connectivity index (χ1n) is 11.5. The molecule has 1 N–H and O–H groups in total. The molecular formula is C24H28FN3O5. The van der Waals surface area contributed by atoms with E-state index in [1.807, 2.05) is 17.1 Å². The number of amides is 3. The van der Waals surface area contributed by atoms with Crippen molar-refractivity contribution in [2.75, 3.05) is 31.6 Å². The van der Waals surface area contributed by atoms with Crippen LogP contribution in [-0.2, 0) is 19.1 Å². The van der Waals surface area contributed by atoms with Crippen LogP contribution in [0.25, 0.3) is 0 Å². The topological polar surface area (TPSA) is 88.2 Å². The molecule has 4 aliphatic rings. The number of piperidine rings is 1. The second-order valence-electron chi connectivity index (χ2n) is 9.24. The van der Waals surface area contributed by atoms with Crippen LogP contribution in [0.5, 0.6) is 0 Å². The maximum absolute atomic E-state index is 13.9. The van der Waals surface area contributed by atoms with E-state index in [-0.39, 0.29) is 23.9 Å². The fourth-order valence-electron chi connectivity index (χ4n) is 5.61. The summed E-state index contributed by atoms with van der Waals surface area (Å²) in [7, 11) is 0. The monoisotopic (exact) mass is 457 g/mol. The Morgan fingerprint density at radius 1 is 1.30 bits per heavy atom. The van der Waals surface area contributed by atoms with Crippen LogP contribution in [0.15, 0.2) is 30.4 Å². The zero-order valence-corrected chi connectivity index (χ0v) is 18.8. The Labute approximate surface area is 191 Å². The maximum atomic E-state index is 13.9. The van der Waals surface area contributed by atoms with Crippen LogP contribution in [0.2, 0.25) is 0 Å². The van der Waals surface area contributed by atoms with Gasteiger partial charge in [-0.05, 0) is 44.4 Å². The molecule has 2 bridgehead atoms. The summed E-state index contributed by atoms with van der Waals surface area (Å²) in [4.78, 5) is 42.2. The molecule has 1 aromatic carbocycles. The van der Waals surface area contributed by atoms with Crippen molar-refractivity contribution in [2.45, 2.75) is 44.4 Å². The Bertz CT molecular complexity index is 1020. The molecule has 4 atom stereocenters. The Kier molecular flexibility index (Phi) is 5.39. The van der Waals surface area contributed by atoms with Gasteiger partial charge < -0.3 is 24.6 Å². The van der Waals surface area contributed by atoms with Gasteiger partial charge in [0, 0.05) is 24.8 Å². The first kappa shape index (κ1) is 21.9. The van der Waals surface area contributed by atoms with E-state index >= 15 is 0 Å². The molecule has 9 heteroatoms. The fourth-order valence-corrected chi connectivity index (χ4v) is 5.61. The molecule has 3 amide bonds. The van der Waals surface area contributed by atoms with Crippen LogP contribution in [0, 0.1) is 24.6 Å². The number of hydrogen-bond acceptors (Lipinski definition) is 5. The number of anilines is 1. The molecule has 0 saturated carbocycles. The smallest absolute Gasteiger partial charge is 0.409 e. The highest BCUT2D eigenvalue weighted by molar-refractivity contribution is 5.99. The number of nitrogens with zero attached hydrogens (tertiary/aromatic N) is 2. The van der Waals surface area contributed by atoms with Gasteiger partial charge in [-0.25, -0.2) is 9.18 Å². The van der Waals surface area contributed by atoms with Crippen molar-refractivity contribution in [3.05, 3.63) is 41.7 Å². The van der Waals surface area contributed by atoms with Crippen molar-refractivity contribution in [3.63, 3.8) is 0 Å². The second-order valence-corrected chi connectivity index (χ2v) is 9.24. The van der Waals surface area contributed by atoms with Gasteiger partial charge in [0.2, 0.25) is 11.8 Å². The van der Waals surface area contributed by atoms with Crippen LogP contribution in [0.1, 0.15) is 25.3 Å². The molecule has 0 radical (unpaired) electrons. The van der Waals surface area contributed by atoms with E-state index < -0.39 is 29.4 Å². The highest BCUT2D eigenvalue weighted by Crippen LogP contribution is 2.52. The van der Waals surface area contributed by atoms with E-state index in [9.17, 15) is 18.8 Å². The van der Waals surface area contributed by atoms with E-state index in [1.165, 1.54) is 6.07 Å². The number of aryl methyl sites for hydroxylation is 1. The molecule has 3 saturated heterocycles. The van der Waals surface area contributed by atoms with Crippen molar-refractivity contribution >= 4 is 23.6 Å². The Morgan fingerprint density at radius 3 is 2.76 bits per heavy atom. The standard InChI is InChI=1S/C24H28FN3O5/c1-3-32-23(31)27-10-7-16(8-11-27)28-13-24-9-6-18(33-24)19(20(24)22(28)30)21(29)26-15-5-4-14(2)17(25)12-15/h4-6,9,12,16,18-20H,3,7-8,10-11,13H2,1-2H3,(H,26,29)/t18-,19?,20-,24-/m1/s1. The summed E-state index contributed by atoms with van der Waals surface area (Å²) >= 11 is 0. The molecule has 3 fully saturated rings. The lowest BCUT2D eigenvalue weighted by Gasteiger charge is -2.37. The summed E-state index contributed by atoms with van der Waals surface area (Å²) in [5.41, 5.74) is 0.0481. The molecule has 0 aliphatic carbocycles. The highest BCUT2D eigenvalue weighted by Gasteiger charge is 2.67. The minimum Gasteiger partial charge on any atom is -0.450 e. The van der Waals surface area contributed by atoms with Crippen LogP contribution in [0.4, 0.5) is 14.9 Å². The maximum Gasteiger partial charge on any atom is 0.409 e. The Balaban J connectivity index is 1.29. The molecule has 1 unspecified atom stereocenters. The summed E-state index contributed by atoms with van der Waals surface area (Å²) in [6.07, 6.45) is 4.29. The van der Waals surface area contributed by atoms with Gasteiger partial charge in [-0.15, -0.1) is 0 Å².